The molecule has 11 heteroatoms. The van der Waals surface area contributed by atoms with Gasteiger partial charge in [-0.05, 0) is 25.2 Å². The largest absolute Gasteiger partial charge is 0.598 e. The van der Waals surface area contributed by atoms with E-state index in [0.29, 0.717) is 18.8 Å². The molecule has 3 rings (SSSR count). The number of benzene rings is 1. The van der Waals surface area contributed by atoms with Crippen LogP contribution in [0.2, 0.25) is 0 Å². The van der Waals surface area contributed by atoms with E-state index in [2.05, 4.69) is 10.0 Å². The molecule has 10 nitrogen and oxygen atoms in total. The molecule has 0 saturated carbocycles. The molecule has 0 saturated heterocycles. The monoisotopic (exact) mass is 400 g/mol. The van der Waals surface area contributed by atoms with Crippen LogP contribution in [0.5, 0.6) is 0 Å². The van der Waals surface area contributed by atoms with E-state index in [1.807, 2.05) is 13.8 Å². The number of nitrogens with one attached hydrogen (secondary N) is 1. The third-order valence-corrected chi connectivity index (χ3v) is 6.28. The number of hydrogen-bond acceptors (Lipinski definition) is 7. The van der Waals surface area contributed by atoms with E-state index in [1.165, 1.54) is 6.07 Å². The van der Waals surface area contributed by atoms with Gasteiger partial charge in [0.2, 0.25) is 9.84 Å². The molecule has 27 heavy (non-hydrogen) atoms. The van der Waals surface area contributed by atoms with E-state index in [1.54, 1.807) is 23.1 Å². The highest BCUT2D eigenvalue weighted by Crippen LogP contribution is 2.38. The Morgan fingerprint density at radius 3 is 2.44 bits per heavy atom. The van der Waals surface area contributed by atoms with Crippen LogP contribution in [0.4, 0.5) is 5.69 Å². The summed E-state index contributed by atoms with van der Waals surface area (Å²) < 4.78 is 25.7. The minimum absolute atomic E-state index is 0. The number of nitrogens with zero attached hydrogens (tertiary/aromatic N) is 3. The standard InChI is InChI=1S/C16H20N4O4S.2H2O/c1-3-18(4-2)9-10-19-12-7-5-6-8-13(12)25(23,24)14-11-17-20(22)16(21)15(14)19;;/h5-8,11,20H,3-4,9-10H2,1-2H3;2*1H2. The smallest absolute Gasteiger partial charge is 0.388 e. The molecule has 2 heterocycles. The first kappa shape index (κ1) is 22.9. The number of carbonyl (C=O) groups is 1. The maximum Gasteiger partial charge on any atom is 0.388 e. The zero-order valence-electron chi connectivity index (χ0n) is 15.1. The van der Waals surface area contributed by atoms with Gasteiger partial charge in [0.05, 0.1) is 10.6 Å². The van der Waals surface area contributed by atoms with Gasteiger partial charge >= 0.3 is 5.91 Å². The Kier molecular flexibility index (Phi) is 7.37. The zero-order valence-corrected chi connectivity index (χ0v) is 15.9. The van der Waals surface area contributed by atoms with Crippen LogP contribution >= 0.6 is 0 Å². The lowest BCUT2D eigenvalue weighted by molar-refractivity contribution is -0.769. The summed E-state index contributed by atoms with van der Waals surface area (Å²) in [5.41, 5.74) is 0.329. The summed E-state index contributed by atoms with van der Waals surface area (Å²) in [6.45, 7) is 6.78. The second kappa shape index (κ2) is 8.69. The first-order valence-corrected chi connectivity index (χ1v) is 9.61. The third kappa shape index (κ3) is 3.78. The molecule has 0 spiro atoms. The number of anilines is 1. The van der Waals surface area contributed by atoms with Crippen molar-refractivity contribution in [3.8, 4) is 0 Å². The number of hydrogen-bond donors (Lipinski definition) is 1. The van der Waals surface area contributed by atoms with E-state index in [0.717, 1.165) is 19.3 Å². The molecule has 1 unspecified atom stereocenters. The number of para-hydroxylation sites is 1. The van der Waals surface area contributed by atoms with E-state index in [9.17, 15) is 18.4 Å². The summed E-state index contributed by atoms with van der Waals surface area (Å²) in [5.74, 6) is -0.880. The quantitative estimate of drug-likeness (QED) is 0.568. The van der Waals surface area contributed by atoms with Crippen molar-refractivity contribution in [3.05, 3.63) is 40.1 Å². The van der Waals surface area contributed by atoms with Crippen LogP contribution in [0.15, 0.2) is 44.9 Å². The highest BCUT2D eigenvalue weighted by atomic mass is 32.2. The highest BCUT2D eigenvalue weighted by molar-refractivity contribution is 7.96. The molecule has 1 amide bonds. The minimum Gasteiger partial charge on any atom is -0.598 e. The Labute approximate surface area is 157 Å². The van der Waals surface area contributed by atoms with Crippen molar-refractivity contribution in [2.75, 3.05) is 31.1 Å². The van der Waals surface area contributed by atoms with Crippen molar-refractivity contribution < 1.29 is 29.3 Å². The summed E-state index contributed by atoms with van der Waals surface area (Å²) in [6, 6.07) is 6.51. The number of quaternary nitrogens is 1. The van der Waals surface area contributed by atoms with Crippen LogP contribution in [0.3, 0.4) is 0 Å². The highest BCUT2D eigenvalue weighted by Gasteiger charge is 2.43. The summed E-state index contributed by atoms with van der Waals surface area (Å²) in [7, 11) is -3.88. The Balaban J connectivity index is 0.00000182. The number of fused-ring (bicyclic) bond motifs is 1. The number of carbonyl (C=O) groups excluding carboxylic acids is 1. The van der Waals surface area contributed by atoms with Gasteiger partial charge in [-0.25, -0.2) is 13.2 Å². The summed E-state index contributed by atoms with van der Waals surface area (Å²) in [6.07, 6.45) is 0.995. The summed E-state index contributed by atoms with van der Waals surface area (Å²) in [4.78, 5) is 16.1. The van der Waals surface area contributed by atoms with Crippen molar-refractivity contribution in [3.63, 3.8) is 0 Å². The van der Waals surface area contributed by atoms with Gasteiger partial charge in [-0.15, -0.1) is 0 Å². The molecule has 5 N–H and O–H groups in total. The molecule has 0 bridgehead atoms. The molecule has 2 aliphatic heterocycles. The number of rotatable bonds is 5. The normalized spacial score (nSPS) is 19.9. The number of amides is 1. The van der Waals surface area contributed by atoms with Crippen molar-refractivity contribution in [2.45, 2.75) is 18.7 Å². The number of likely N-dealkylation sites (N-methyl/N-ethyl adjacent to an activating group) is 1. The topological polar surface area (TPSA) is 161 Å². The molecule has 0 radical (unpaired) electrons. The van der Waals surface area contributed by atoms with Crippen molar-refractivity contribution in [1.82, 2.24) is 4.90 Å². The van der Waals surface area contributed by atoms with Gasteiger partial charge < -0.3 is 26.0 Å². The first-order valence-electron chi connectivity index (χ1n) is 8.12. The summed E-state index contributed by atoms with van der Waals surface area (Å²) in [5, 5.41) is 14.2. The predicted molar refractivity (Wildman–Crippen MR) is 101 cm³/mol. The maximum atomic E-state index is 12.8. The SMILES string of the molecule is CCN(CC)CCN1C2=C(C=N[NH+]([O-])C2=O)S(=O)(=O)c2ccccc21.O.O. The fourth-order valence-electron chi connectivity index (χ4n) is 3.06. The van der Waals surface area contributed by atoms with Gasteiger partial charge in [0.15, 0.2) is 5.70 Å². The number of sulfone groups is 1. The second-order valence-corrected chi connectivity index (χ2v) is 7.64. The predicted octanol–water partition coefficient (Wildman–Crippen LogP) is -1.91. The fourth-order valence-corrected chi connectivity index (χ4v) is 4.66. The van der Waals surface area contributed by atoms with Crippen LogP contribution in [0, 0.1) is 5.21 Å². The Morgan fingerprint density at radius 2 is 1.81 bits per heavy atom. The van der Waals surface area contributed by atoms with Crippen LogP contribution in [0.1, 0.15) is 13.8 Å². The minimum atomic E-state index is -3.88. The third-order valence-electron chi connectivity index (χ3n) is 4.48. The van der Waals surface area contributed by atoms with Crippen LogP contribution in [0.25, 0.3) is 0 Å². The van der Waals surface area contributed by atoms with Crippen LogP contribution < -0.4 is 10.1 Å². The van der Waals surface area contributed by atoms with Gasteiger partial charge in [-0.2, -0.15) is 5.17 Å². The lowest BCUT2D eigenvalue weighted by Gasteiger charge is -2.35. The van der Waals surface area contributed by atoms with Crippen molar-refractivity contribution in [2.24, 2.45) is 5.10 Å². The van der Waals surface area contributed by atoms with E-state index in [-0.39, 0.29) is 26.5 Å². The van der Waals surface area contributed by atoms with E-state index in [4.69, 9.17) is 0 Å². The van der Waals surface area contributed by atoms with Crippen LogP contribution in [-0.2, 0) is 14.6 Å². The summed E-state index contributed by atoms with van der Waals surface area (Å²) >= 11 is 0. The first-order chi connectivity index (χ1) is 11.9. The Morgan fingerprint density at radius 1 is 1.19 bits per heavy atom. The van der Waals surface area contributed by atoms with Crippen molar-refractivity contribution >= 4 is 27.6 Å². The second-order valence-electron chi connectivity index (χ2n) is 5.76. The zero-order chi connectivity index (χ0) is 18.2. The van der Waals surface area contributed by atoms with Crippen molar-refractivity contribution in [1.29, 1.82) is 0 Å². The Hall–Kier alpha value is -2.15. The average molecular weight is 400 g/mol. The van der Waals surface area contributed by atoms with Crippen LogP contribution in [-0.4, -0.2) is 62.6 Å². The van der Waals surface area contributed by atoms with E-state index < -0.39 is 20.9 Å². The lowest BCUT2D eigenvalue weighted by Crippen LogP contribution is -3.06. The van der Waals surface area contributed by atoms with E-state index >= 15 is 0 Å². The molecule has 0 aliphatic carbocycles. The molecule has 1 atom stereocenters. The lowest BCUT2D eigenvalue weighted by atomic mass is 10.2. The maximum absolute atomic E-state index is 12.8. The molecule has 1 aromatic rings. The van der Waals surface area contributed by atoms with Gasteiger partial charge in [0.1, 0.15) is 11.1 Å². The molecule has 150 valence electrons. The average Bonchev–Trinajstić information content (AvgIpc) is 2.61. The Bertz CT molecular complexity index is 863. The molecule has 0 aromatic heterocycles. The molecule has 1 aromatic carbocycles. The molecule has 0 fully saturated rings. The number of allylic oxidation sites excluding steroid dienone is 1. The molecule has 2 aliphatic rings. The van der Waals surface area contributed by atoms with Gasteiger partial charge in [-0.3, -0.25) is 0 Å². The van der Waals surface area contributed by atoms with Gasteiger partial charge in [0.25, 0.3) is 0 Å². The number of hydroxylamine groups is 1. The molecular weight excluding hydrogens is 376 g/mol. The molecular formula is C16H24N4O6S. The van der Waals surface area contributed by atoms with Gasteiger partial charge in [-0.1, -0.05) is 31.1 Å². The van der Waals surface area contributed by atoms with Gasteiger partial charge in [0, 0.05) is 13.1 Å². The fraction of sp³-hybridized carbons (Fsp3) is 0.375.